The SMILES string of the molecule is CNC1CN(c2cc(C3(C)CC3)ncn2)C1. The molecule has 0 unspecified atom stereocenters. The van der Waals surface area contributed by atoms with Crippen LogP contribution < -0.4 is 10.2 Å². The van der Waals surface area contributed by atoms with Gasteiger partial charge in [-0.25, -0.2) is 9.97 Å². The maximum absolute atomic E-state index is 4.40. The van der Waals surface area contributed by atoms with Crippen LogP contribution in [-0.2, 0) is 5.41 Å². The highest BCUT2D eigenvalue weighted by Gasteiger charge is 2.41. The Balaban J connectivity index is 1.76. The highest BCUT2D eigenvalue weighted by atomic mass is 15.3. The van der Waals surface area contributed by atoms with Crippen LogP contribution in [0.3, 0.4) is 0 Å². The Hall–Kier alpha value is -1.16. The van der Waals surface area contributed by atoms with Gasteiger partial charge in [0.15, 0.2) is 0 Å². The van der Waals surface area contributed by atoms with Crippen LogP contribution in [0.2, 0.25) is 0 Å². The summed E-state index contributed by atoms with van der Waals surface area (Å²) in [6.07, 6.45) is 4.24. The molecule has 4 heteroatoms. The lowest BCUT2D eigenvalue weighted by molar-refractivity contribution is 0.446. The fourth-order valence-corrected chi connectivity index (χ4v) is 2.14. The molecule has 0 bridgehead atoms. The third-order valence-corrected chi connectivity index (χ3v) is 3.88. The number of hydrogen-bond donors (Lipinski definition) is 1. The molecule has 2 fully saturated rings. The van der Waals surface area contributed by atoms with Gasteiger partial charge in [-0.1, -0.05) is 6.92 Å². The van der Waals surface area contributed by atoms with E-state index in [2.05, 4.69) is 33.2 Å². The Bertz CT molecular complexity index is 394. The van der Waals surface area contributed by atoms with Crippen molar-refractivity contribution in [2.75, 3.05) is 25.0 Å². The molecule has 1 N–H and O–H groups in total. The van der Waals surface area contributed by atoms with Crippen molar-refractivity contribution >= 4 is 5.82 Å². The summed E-state index contributed by atoms with van der Waals surface area (Å²) in [5, 5.41) is 3.27. The predicted molar refractivity (Wildman–Crippen MR) is 63.7 cm³/mol. The summed E-state index contributed by atoms with van der Waals surface area (Å²) in [6.45, 7) is 4.40. The first kappa shape index (κ1) is 10.0. The molecule has 1 aromatic heterocycles. The zero-order valence-electron chi connectivity index (χ0n) is 9.90. The highest BCUT2D eigenvalue weighted by Crippen LogP contribution is 2.47. The molecule has 1 aliphatic carbocycles. The first-order valence-electron chi connectivity index (χ1n) is 5.96. The monoisotopic (exact) mass is 218 g/mol. The Labute approximate surface area is 96.1 Å². The van der Waals surface area contributed by atoms with Crippen LogP contribution in [0.1, 0.15) is 25.5 Å². The summed E-state index contributed by atoms with van der Waals surface area (Å²) < 4.78 is 0. The smallest absolute Gasteiger partial charge is 0.132 e. The van der Waals surface area contributed by atoms with Crippen molar-refractivity contribution in [1.29, 1.82) is 0 Å². The number of nitrogens with zero attached hydrogens (tertiary/aromatic N) is 3. The van der Waals surface area contributed by atoms with Gasteiger partial charge in [0.1, 0.15) is 12.1 Å². The van der Waals surface area contributed by atoms with E-state index in [9.17, 15) is 0 Å². The normalized spacial score (nSPS) is 23.0. The summed E-state index contributed by atoms with van der Waals surface area (Å²) in [5.74, 6) is 1.09. The second kappa shape index (κ2) is 3.42. The van der Waals surface area contributed by atoms with E-state index in [0.717, 1.165) is 18.9 Å². The van der Waals surface area contributed by atoms with Gasteiger partial charge in [0.2, 0.25) is 0 Å². The molecule has 2 heterocycles. The quantitative estimate of drug-likeness (QED) is 0.819. The van der Waals surface area contributed by atoms with Crippen molar-refractivity contribution in [2.24, 2.45) is 0 Å². The van der Waals surface area contributed by atoms with E-state index in [0.29, 0.717) is 11.5 Å². The van der Waals surface area contributed by atoms with Crippen molar-refractivity contribution < 1.29 is 0 Å². The average molecular weight is 218 g/mol. The van der Waals surface area contributed by atoms with Crippen LogP contribution in [0.5, 0.6) is 0 Å². The molecule has 1 aromatic rings. The number of rotatable bonds is 3. The molecular weight excluding hydrogens is 200 g/mol. The third-order valence-electron chi connectivity index (χ3n) is 3.88. The summed E-state index contributed by atoms with van der Waals surface area (Å²) in [7, 11) is 2.01. The van der Waals surface area contributed by atoms with E-state index in [1.54, 1.807) is 6.33 Å². The van der Waals surface area contributed by atoms with Gasteiger partial charge < -0.3 is 10.2 Å². The molecule has 0 atom stereocenters. The van der Waals surface area contributed by atoms with Crippen molar-refractivity contribution in [3.05, 3.63) is 18.1 Å². The molecule has 1 saturated heterocycles. The first-order valence-corrected chi connectivity index (χ1v) is 5.96. The average Bonchev–Trinajstić information content (AvgIpc) is 2.97. The molecule has 3 rings (SSSR count). The van der Waals surface area contributed by atoms with Crippen molar-refractivity contribution in [3.8, 4) is 0 Å². The minimum absolute atomic E-state index is 0.338. The molecule has 0 spiro atoms. The van der Waals surface area contributed by atoms with Crippen LogP contribution in [-0.4, -0.2) is 36.1 Å². The molecule has 0 aromatic carbocycles. The summed E-state index contributed by atoms with van der Waals surface area (Å²) in [5.41, 5.74) is 1.55. The number of hydrogen-bond acceptors (Lipinski definition) is 4. The summed E-state index contributed by atoms with van der Waals surface area (Å²) >= 11 is 0. The maximum atomic E-state index is 4.40. The third kappa shape index (κ3) is 1.57. The van der Waals surface area contributed by atoms with Gasteiger partial charge in [-0.05, 0) is 19.9 Å². The lowest BCUT2D eigenvalue weighted by atomic mass is 10.0. The fourth-order valence-electron chi connectivity index (χ4n) is 2.14. The van der Waals surface area contributed by atoms with Gasteiger partial charge >= 0.3 is 0 Å². The van der Waals surface area contributed by atoms with Gasteiger partial charge in [0.25, 0.3) is 0 Å². The van der Waals surface area contributed by atoms with Crippen LogP contribution in [0.4, 0.5) is 5.82 Å². The maximum Gasteiger partial charge on any atom is 0.132 e. The van der Waals surface area contributed by atoms with E-state index in [4.69, 9.17) is 0 Å². The van der Waals surface area contributed by atoms with E-state index in [-0.39, 0.29) is 0 Å². The molecule has 1 saturated carbocycles. The minimum Gasteiger partial charge on any atom is -0.353 e. The Morgan fingerprint density at radius 1 is 1.38 bits per heavy atom. The van der Waals surface area contributed by atoms with Gasteiger partial charge in [-0.3, -0.25) is 0 Å². The number of likely N-dealkylation sites (N-methyl/N-ethyl adjacent to an activating group) is 1. The van der Waals surface area contributed by atoms with Gasteiger partial charge in [-0.2, -0.15) is 0 Å². The van der Waals surface area contributed by atoms with Gasteiger partial charge in [0.05, 0.1) is 5.69 Å². The first-order chi connectivity index (χ1) is 7.71. The van der Waals surface area contributed by atoms with E-state index >= 15 is 0 Å². The second-order valence-electron chi connectivity index (χ2n) is 5.21. The standard InChI is InChI=1S/C12H18N4/c1-12(3-4-12)10-5-11(15-8-14-10)16-6-9(7-16)13-2/h5,8-9,13H,3-4,6-7H2,1-2H3. The van der Waals surface area contributed by atoms with Crippen LogP contribution in [0, 0.1) is 0 Å². The minimum atomic E-state index is 0.338. The molecule has 2 aliphatic rings. The zero-order valence-corrected chi connectivity index (χ0v) is 9.90. The van der Waals surface area contributed by atoms with Crippen LogP contribution in [0.15, 0.2) is 12.4 Å². The number of aromatic nitrogens is 2. The molecule has 1 aliphatic heterocycles. The lowest BCUT2D eigenvalue weighted by Gasteiger charge is -2.40. The highest BCUT2D eigenvalue weighted by molar-refractivity contribution is 5.45. The summed E-state index contributed by atoms with van der Waals surface area (Å²) in [4.78, 5) is 11.1. The van der Waals surface area contributed by atoms with E-state index < -0.39 is 0 Å². The molecular formula is C12H18N4. The zero-order chi connectivity index (χ0) is 11.2. The van der Waals surface area contributed by atoms with E-state index in [1.165, 1.54) is 18.5 Å². The van der Waals surface area contributed by atoms with Crippen LogP contribution in [0.25, 0.3) is 0 Å². The fraction of sp³-hybridized carbons (Fsp3) is 0.667. The molecule has 16 heavy (non-hydrogen) atoms. The molecule has 0 radical (unpaired) electrons. The number of nitrogens with one attached hydrogen (secondary N) is 1. The number of anilines is 1. The van der Waals surface area contributed by atoms with Gasteiger partial charge in [-0.15, -0.1) is 0 Å². The predicted octanol–water partition coefficient (Wildman–Crippen LogP) is 0.936. The molecule has 4 nitrogen and oxygen atoms in total. The second-order valence-corrected chi connectivity index (χ2v) is 5.21. The van der Waals surface area contributed by atoms with Crippen molar-refractivity contribution in [3.63, 3.8) is 0 Å². The lowest BCUT2D eigenvalue weighted by Crippen LogP contribution is -2.57. The Kier molecular flexibility index (Phi) is 2.14. The Morgan fingerprint density at radius 3 is 2.75 bits per heavy atom. The van der Waals surface area contributed by atoms with Gasteiger partial charge in [0, 0.05) is 30.6 Å². The Morgan fingerprint density at radius 2 is 2.12 bits per heavy atom. The molecule has 0 amide bonds. The van der Waals surface area contributed by atoms with Crippen LogP contribution >= 0.6 is 0 Å². The van der Waals surface area contributed by atoms with Crippen molar-refractivity contribution in [1.82, 2.24) is 15.3 Å². The molecule has 86 valence electrons. The largest absolute Gasteiger partial charge is 0.353 e. The summed E-state index contributed by atoms with van der Waals surface area (Å²) in [6, 6.07) is 2.79. The topological polar surface area (TPSA) is 41.0 Å². The van der Waals surface area contributed by atoms with Crippen molar-refractivity contribution in [2.45, 2.75) is 31.2 Å². The van der Waals surface area contributed by atoms with E-state index in [1.807, 2.05) is 7.05 Å².